The number of carbonyl (C=O) groups excluding carboxylic acids is 1. The number of amides is 2. The molecule has 0 saturated carbocycles. The third-order valence-electron chi connectivity index (χ3n) is 6.13. The molecule has 1 saturated heterocycles. The molecular formula is C26H25N5O. The van der Waals surface area contributed by atoms with Gasteiger partial charge in [0.1, 0.15) is 0 Å². The number of urea groups is 1. The number of anilines is 1. The van der Waals surface area contributed by atoms with E-state index >= 15 is 0 Å². The highest BCUT2D eigenvalue weighted by Crippen LogP contribution is 2.33. The summed E-state index contributed by atoms with van der Waals surface area (Å²) < 4.78 is 0. The first-order valence-electron chi connectivity index (χ1n) is 10.8. The number of rotatable bonds is 5. The number of carbonyl (C=O) groups is 1. The average Bonchev–Trinajstić information content (AvgIpc) is 3.29. The van der Waals surface area contributed by atoms with Crippen LogP contribution in [0.5, 0.6) is 0 Å². The first-order valence-corrected chi connectivity index (χ1v) is 10.8. The fourth-order valence-electron chi connectivity index (χ4n) is 4.56. The molecule has 1 unspecified atom stereocenters. The van der Waals surface area contributed by atoms with E-state index in [0.717, 1.165) is 53.6 Å². The Morgan fingerprint density at radius 3 is 2.66 bits per heavy atom. The van der Waals surface area contributed by atoms with Crippen LogP contribution >= 0.6 is 0 Å². The van der Waals surface area contributed by atoms with Gasteiger partial charge in [0.15, 0.2) is 0 Å². The lowest BCUT2D eigenvalue weighted by molar-refractivity contribution is 0.259. The van der Waals surface area contributed by atoms with E-state index in [1.165, 1.54) is 5.56 Å². The fraction of sp³-hybridized carbons (Fsp3) is 0.192. The van der Waals surface area contributed by atoms with Crippen LogP contribution in [0.3, 0.4) is 0 Å². The Morgan fingerprint density at radius 2 is 1.91 bits per heavy atom. The molecule has 32 heavy (non-hydrogen) atoms. The van der Waals surface area contributed by atoms with Gasteiger partial charge in [-0.15, -0.1) is 0 Å². The van der Waals surface area contributed by atoms with E-state index in [0.29, 0.717) is 11.6 Å². The maximum atomic E-state index is 11.3. The SMILES string of the molecule is NC(=O)Nc1ccc(-c2ccc(CN3CCC(c4cccnc4)C3)nc2)c2ccccc12. The van der Waals surface area contributed by atoms with Gasteiger partial charge in [-0.1, -0.05) is 42.5 Å². The molecule has 4 aromatic rings. The molecule has 6 heteroatoms. The Labute approximate surface area is 187 Å². The van der Waals surface area contributed by atoms with Gasteiger partial charge in [-0.3, -0.25) is 14.9 Å². The lowest BCUT2D eigenvalue weighted by Gasteiger charge is -2.16. The minimum absolute atomic E-state index is 0.543. The molecule has 1 atom stereocenters. The molecule has 3 N–H and O–H groups in total. The molecule has 2 aromatic heterocycles. The number of benzene rings is 2. The second-order valence-electron chi connectivity index (χ2n) is 8.24. The smallest absolute Gasteiger partial charge is 0.316 e. The van der Waals surface area contributed by atoms with Crippen molar-refractivity contribution in [2.45, 2.75) is 18.9 Å². The number of likely N-dealkylation sites (tertiary alicyclic amines) is 1. The van der Waals surface area contributed by atoms with Crippen LogP contribution in [0.4, 0.5) is 10.5 Å². The minimum Gasteiger partial charge on any atom is -0.351 e. The van der Waals surface area contributed by atoms with Crippen LogP contribution < -0.4 is 11.1 Å². The summed E-state index contributed by atoms with van der Waals surface area (Å²) in [6, 6.07) is 19.7. The summed E-state index contributed by atoms with van der Waals surface area (Å²) in [7, 11) is 0. The molecule has 0 bridgehead atoms. The normalized spacial score (nSPS) is 16.3. The van der Waals surface area contributed by atoms with Gasteiger partial charge in [-0.05, 0) is 53.6 Å². The number of nitrogens with one attached hydrogen (secondary N) is 1. The van der Waals surface area contributed by atoms with Gasteiger partial charge in [-0.25, -0.2) is 4.79 Å². The summed E-state index contributed by atoms with van der Waals surface area (Å²) in [6.07, 6.45) is 6.90. The zero-order chi connectivity index (χ0) is 21.9. The van der Waals surface area contributed by atoms with Crippen LogP contribution in [0.25, 0.3) is 21.9 Å². The van der Waals surface area contributed by atoms with Crippen molar-refractivity contribution >= 4 is 22.5 Å². The van der Waals surface area contributed by atoms with Crippen molar-refractivity contribution in [3.63, 3.8) is 0 Å². The Bertz CT molecular complexity index is 1240. The maximum absolute atomic E-state index is 11.3. The largest absolute Gasteiger partial charge is 0.351 e. The minimum atomic E-state index is -0.568. The van der Waals surface area contributed by atoms with Crippen molar-refractivity contribution in [3.05, 3.63) is 90.5 Å². The predicted molar refractivity (Wildman–Crippen MR) is 127 cm³/mol. The molecule has 6 nitrogen and oxygen atoms in total. The van der Waals surface area contributed by atoms with Gasteiger partial charge in [0.25, 0.3) is 0 Å². The van der Waals surface area contributed by atoms with E-state index in [1.807, 2.05) is 61.1 Å². The van der Waals surface area contributed by atoms with Gasteiger partial charge in [-0.2, -0.15) is 0 Å². The van der Waals surface area contributed by atoms with E-state index in [4.69, 9.17) is 10.7 Å². The molecule has 3 heterocycles. The van der Waals surface area contributed by atoms with Crippen LogP contribution in [0.15, 0.2) is 79.3 Å². The first kappa shape index (κ1) is 20.2. The van der Waals surface area contributed by atoms with Gasteiger partial charge in [0, 0.05) is 42.6 Å². The quantitative estimate of drug-likeness (QED) is 0.484. The van der Waals surface area contributed by atoms with Crippen LogP contribution in [-0.2, 0) is 6.54 Å². The summed E-state index contributed by atoms with van der Waals surface area (Å²) >= 11 is 0. The molecule has 2 aromatic carbocycles. The van der Waals surface area contributed by atoms with Crippen molar-refractivity contribution in [2.24, 2.45) is 5.73 Å². The van der Waals surface area contributed by atoms with Gasteiger partial charge in [0.2, 0.25) is 0 Å². The summed E-state index contributed by atoms with van der Waals surface area (Å²) in [5, 5.41) is 4.70. The second-order valence-corrected chi connectivity index (χ2v) is 8.24. The van der Waals surface area contributed by atoms with E-state index in [1.54, 1.807) is 0 Å². The molecule has 1 aliphatic rings. The number of aromatic nitrogens is 2. The van der Waals surface area contributed by atoms with E-state index in [-0.39, 0.29) is 0 Å². The fourth-order valence-corrected chi connectivity index (χ4v) is 4.56. The number of fused-ring (bicyclic) bond motifs is 1. The van der Waals surface area contributed by atoms with E-state index < -0.39 is 6.03 Å². The topological polar surface area (TPSA) is 84.1 Å². The van der Waals surface area contributed by atoms with Crippen molar-refractivity contribution in [1.82, 2.24) is 14.9 Å². The van der Waals surface area contributed by atoms with Gasteiger partial charge < -0.3 is 11.1 Å². The summed E-state index contributed by atoms with van der Waals surface area (Å²) in [4.78, 5) is 22.8. The summed E-state index contributed by atoms with van der Waals surface area (Å²) in [5.74, 6) is 0.543. The zero-order valence-electron chi connectivity index (χ0n) is 17.7. The van der Waals surface area contributed by atoms with Gasteiger partial charge in [0.05, 0.1) is 11.4 Å². The number of hydrogen-bond acceptors (Lipinski definition) is 4. The summed E-state index contributed by atoms with van der Waals surface area (Å²) in [6.45, 7) is 2.95. The number of primary amides is 1. The van der Waals surface area contributed by atoms with Crippen LogP contribution in [0, 0.1) is 0 Å². The van der Waals surface area contributed by atoms with Gasteiger partial charge >= 0.3 is 6.03 Å². The standard InChI is InChI=1S/C26H25N5O/c27-26(32)30-25-10-9-22(23-5-1-2-6-24(23)25)19-7-8-21(29-15-19)17-31-13-11-20(16-31)18-4-3-12-28-14-18/h1-10,12,14-15,20H,11,13,16-17H2,(H3,27,30,32). The lowest BCUT2D eigenvalue weighted by atomic mass is 9.98. The molecule has 1 aliphatic heterocycles. The monoisotopic (exact) mass is 423 g/mol. The Balaban J connectivity index is 1.33. The molecule has 0 spiro atoms. The Kier molecular flexibility index (Phi) is 5.52. The molecule has 160 valence electrons. The third kappa shape index (κ3) is 4.18. The third-order valence-corrected chi connectivity index (χ3v) is 6.13. The number of pyridine rings is 2. The Hall–Kier alpha value is -3.77. The zero-order valence-corrected chi connectivity index (χ0v) is 17.7. The molecule has 1 fully saturated rings. The second kappa shape index (κ2) is 8.77. The van der Waals surface area contributed by atoms with Crippen LogP contribution in [0.1, 0.15) is 23.6 Å². The van der Waals surface area contributed by atoms with Crippen molar-refractivity contribution < 1.29 is 4.79 Å². The number of nitrogens with zero attached hydrogens (tertiary/aromatic N) is 3. The average molecular weight is 424 g/mol. The molecule has 2 amide bonds. The molecule has 0 radical (unpaired) electrons. The van der Waals surface area contributed by atoms with Crippen molar-refractivity contribution in [3.8, 4) is 11.1 Å². The molecular weight excluding hydrogens is 398 g/mol. The molecule has 0 aliphatic carbocycles. The number of hydrogen-bond donors (Lipinski definition) is 2. The van der Waals surface area contributed by atoms with E-state index in [9.17, 15) is 4.79 Å². The Morgan fingerprint density at radius 1 is 1.03 bits per heavy atom. The highest BCUT2D eigenvalue weighted by atomic mass is 16.2. The van der Waals surface area contributed by atoms with Crippen molar-refractivity contribution in [2.75, 3.05) is 18.4 Å². The van der Waals surface area contributed by atoms with Crippen LogP contribution in [0.2, 0.25) is 0 Å². The predicted octanol–water partition coefficient (Wildman–Crippen LogP) is 4.78. The molecule has 5 rings (SSSR count). The first-order chi connectivity index (χ1) is 15.7. The van der Waals surface area contributed by atoms with Crippen LogP contribution in [-0.4, -0.2) is 34.0 Å². The highest BCUT2D eigenvalue weighted by molar-refractivity contribution is 6.07. The van der Waals surface area contributed by atoms with E-state index in [2.05, 4.69) is 33.4 Å². The highest BCUT2D eigenvalue weighted by Gasteiger charge is 2.24. The summed E-state index contributed by atoms with van der Waals surface area (Å²) in [5.41, 5.74) is 10.5. The maximum Gasteiger partial charge on any atom is 0.316 e. The number of nitrogens with two attached hydrogens (primary N) is 1. The lowest BCUT2D eigenvalue weighted by Crippen LogP contribution is -2.20. The van der Waals surface area contributed by atoms with Crippen molar-refractivity contribution in [1.29, 1.82) is 0 Å².